The Balaban J connectivity index is 2.64. The van der Waals surface area contributed by atoms with E-state index < -0.39 is 23.0 Å². The molecule has 0 aliphatic heterocycles. The van der Waals surface area contributed by atoms with Crippen LogP contribution in [0, 0.1) is 10.1 Å². The molecule has 0 aliphatic rings. The van der Waals surface area contributed by atoms with E-state index in [1.807, 2.05) is 0 Å². The molecule has 22 heavy (non-hydrogen) atoms. The number of amides is 1. The number of benzene rings is 1. The Bertz CT molecular complexity index is 534. The summed E-state index contributed by atoms with van der Waals surface area (Å²) >= 11 is 4.00. The van der Waals surface area contributed by atoms with Crippen molar-refractivity contribution in [1.82, 2.24) is 5.32 Å². The molecule has 0 heterocycles. The van der Waals surface area contributed by atoms with E-state index in [1.54, 1.807) is 6.92 Å². The second-order valence-corrected chi connectivity index (χ2v) is 4.52. The third kappa shape index (κ3) is 5.60. The highest BCUT2D eigenvalue weighted by molar-refractivity contribution is 7.80. The molecule has 1 aromatic carbocycles. The molecule has 0 bridgehead atoms. The molecule has 9 heteroatoms. The van der Waals surface area contributed by atoms with Crippen LogP contribution in [0.5, 0.6) is 0 Å². The fourth-order valence-corrected chi connectivity index (χ4v) is 1.78. The standard InChI is InChI=1S/C13H16N2O6S/c1-2-20-13(17)11(8-22)14-12(16)10-5-3-9(4-6-10)7-21-15(18)19/h3-6,11,22H,2,7-8H2,1H3,(H,14,16)/t11-/m1/s1. The van der Waals surface area contributed by atoms with E-state index in [2.05, 4.69) is 22.8 Å². The molecule has 1 rings (SSSR count). The topological polar surface area (TPSA) is 108 Å². The second-order valence-electron chi connectivity index (χ2n) is 4.15. The largest absolute Gasteiger partial charge is 0.464 e. The fourth-order valence-electron chi connectivity index (χ4n) is 1.54. The summed E-state index contributed by atoms with van der Waals surface area (Å²) in [5.74, 6) is -0.907. The van der Waals surface area contributed by atoms with Gasteiger partial charge >= 0.3 is 5.97 Å². The maximum absolute atomic E-state index is 12.0. The van der Waals surface area contributed by atoms with E-state index >= 15 is 0 Å². The van der Waals surface area contributed by atoms with Crippen molar-refractivity contribution in [2.45, 2.75) is 19.6 Å². The Morgan fingerprint density at radius 1 is 1.36 bits per heavy atom. The van der Waals surface area contributed by atoms with Gasteiger partial charge in [-0.3, -0.25) is 4.79 Å². The van der Waals surface area contributed by atoms with E-state index in [-0.39, 0.29) is 19.0 Å². The minimum absolute atomic E-state index is 0.110. The number of carbonyl (C=O) groups is 2. The number of rotatable bonds is 8. The van der Waals surface area contributed by atoms with Crippen LogP contribution in [0.25, 0.3) is 0 Å². The van der Waals surface area contributed by atoms with Gasteiger partial charge in [-0.05, 0) is 24.6 Å². The van der Waals surface area contributed by atoms with Crippen molar-refractivity contribution in [2.75, 3.05) is 12.4 Å². The summed E-state index contributed by atoms with van der Waals surface area (Å²) < 4.78 is 4.82. The van der Waals surface area contributed by atoms with E-state index in [9.17, 15) is 19.7 Å². The van der Waals surface area contributed by atoms with Crippen LogP contribution in [0.1, 0.15) is 22.8 Å². The monoisotopic (exact) mass is 328 g/mol. The molecule has 8 nitrogen and oxygen atoms in total. The number of nitrogens with zero attached hydrogens (tertiary/aromatic N) is 1. The minimum atomic E-state index is -0.892. The van der Waals surface area contributed by atoms with Crippen LogP contribution in [-0.4, -0.2) is 35.4 Å². The summed E-state index contributed by atoms with van der Waals surface area (Å²) in [7, 11) is 0. The van der Waals surface area contributed by atoms with Gasteiger partial charge in [0.25, 0.3) is 11.0 Å². The zero-order valence-corrected chi connectivity index (χ0v) is 12.7. The van der Waals surface area contributed by atoms with E-state index in [0.717, 1.165) is 0 Å². The van der Waals surface area contributed by atoms with Crippen LogP contribution in [-0.2, 0) is 21.0 Å². The van der Waals surface area contributed by atoms with Crippen LogP contribution in [0.3, 0.4) is 0 Å². The van der Waals surface area contributed by atoms with Gasteiger partial charge in [0, 0.05) is 11.3 Å². The van der Waals surface area contributed by atoms with E-state index in [4.69, 9.17) is 4.74 Å². The first-order chi connectivity index (χ1) is 10.5. The van der Waals surface area contributed by atoms with Gasteiger partial charge in [0.1, 0.15) is 12.6 Å². The number of hydrogen-bond acceptors (Lipinski definition) is 7. The molecule has 1 amide bonds. The van der Waals surface area contributed by atoms with Crippen molar-refractivity contribution in [2.24, 2.45) is 0 Å². The third-order valence-electron chi connectivity index (χ3n) is 2.61. The summed E-state index contributed by atoms with van der Waals surface area (Å²) in [5, 5.41) is 11.7. The zero-order valence-electron chi connectivity index (χ0n) is 11.9. The first kappa shape index (κ1) is 17.8. The third-order valence-corrected chi connectivity index (χ3v) is 2.98. The SMILES string of the molecule is CCOC(=O)[C@@H](CS)NC(=O)c1ccc(CO[N+](=O)[O-])cc1. The molecule has 0 aliphatic carbocycles. The molecular weight excluding hydrogens is 312 g/mol. The average molecular weight is 328 g/mol. The van der Waals surface area contributed by atoms with Crippen LogP contribution >= 0.6 is 12.6 Å². The van der Waals surface area contributed by atoms with Gasteiger partial charge in [-0.25, -0.2) is 4.79 Å². The van der Waals surface area contributed by atoms with Crippen molar-refractivity contribution in [3.8, 4) is 0 Å². The molecule has 0 radical (unpaired) electrons. The summed E-state index contributed by atoms with van der Waals surface area (Å²) in [6.07, 6.45) is 0. The van der Waals surface area contributed by atoms with Gasteiger partial charge in [0.2, 0.25) is 0 Å². The van der Waals surface area contributed by atoms with Gasteiger partial charge in [0.15, 0.2) is 0 Å². The Hall–Kier alpha value is -2.29. The molecular formula is C13H16N2O6S. The average Bonchev–Trinajstić information content (AvgIpc) is 2.51. The lowest BCUT2D eigenvalue weighted by Gasteiger charge is -2.15. The lowest BCUT2D eigenvalue weighted by Crippen LogP contribution is -2.43. The fraction of sp³-hybridized carbons (Fsp3) is 0.385. The number of thiol groups is 1. The van der Waals surface area contributed by atoms with E-state index in [0.29, 0.717) is 11.1 Å². The number of carbonyl (C=O) groups excluding carboxylic acids is 2. The lowest BCUT2D eigenvalue weighted by atomic mass is 10.1. The smallest absolute Gasteiger partial charge is 0.329 e. The highest BCUT2D eigenvalue weighted by atomic mass is 32.1. The molecule has 1 atom stereocenters. The predicted molar refractivity (Wildman–Crippen MR) is 80.0 cm³/mol. The minimum Gasteiger partial charge on any atom is -0.464 e. The van der Waals surface area contributed by atoms with Crippen molar-refractivity contribution in [3.05, 3.63) is 45.5 Å². The molecule has 1 aromatic rings. The highest BCUT2D eigenvalue weighted by Gasteiger charge is 2.21. The van der Waals surface area contributed by atoms with Crippen LogP contribution in [0.2, 0.25) is 0 Å². The Morgan fingerprint density at radius 3 is 2.50 bits per heavy atom. The predicted octanol–water partition coefficient (Wildman–Crippen LogP) is 0.986. The first-order valence-corrected chi connectivity index (χ1v) is 7.05. The van der Waals surface area contributed by atoms with Gasteiger partial charge < -0.3 is 14.9 Å². The van der Waals surface area contributed by atoms with Gasteiger partial charge in [-0.2, -0.15) is 12.6 Å². The molecule has 0 saturated carbocycles. The highest BCUT2D eigenvalue weighted by Crippen LogP contribution is 2.07. The molecule has 0 unspecified atom stereocenters. The van der Waals surface area contributed by atoms with Crippen molar-refractivity contribution >= 4 is 24.5 Å². The van der Waals surface area contributed by atoms with Gasteiger partial charge in [-0.15, -0.1) is 10.1 Å². The van der Waals surface area contributed by atoms with Crippen molar-refractivity contribution < 1.29 is 24.3 Å². The Labute approximate surface area is 132 Å². The Kier molecular flexibility index (Phi) is 7.17. The molecule has 0 fully saturated rings. The van der Waals surface area contributed by atoms with Crippen LogP contribution in [0.15, 0.2) is 24.3 Å². The molecule has 0 aromatic heterocycles. The zero-order chi connectivity index (χ0) is 16.5. The molecule has 120 valence electrons. The number of esters is 1. The molecule has 1 N–H and O–H groups in total. The summed E-state index contributed by atoms with van der Waals surface area (Å²) in [5.41, 5.74) is 0.852. The normalized spacial score (nSPS) is 11.4. The van der Waals surface area contributed by atoms with E-state index in [1.165, 1.54) is 24.3 Å². The summed E-state index contributed by atoms with van der Waals surface area (Å²) in [6, 6.07) is 5.17. The maximum atomic E-state index is 12.0. The summed E-state index contributed by atoms with van der Waals surface area (Å²) in [6.45, 7) is 1.68. The lowest BCUT2D eigenvalue weighted by molar-refractivity contribution is -0.763. The first-order valence-electron chi connectivity index (χ1n) is 6.42. The van der Waals surface area contributed by atoms with Crippen LogP contribution < -0.4 is 5.32 Å². The maximum Gasteiger partial charge on any atom is 0.329 e. The number of nitrogens with one attached hydrogen (secondary N) is 1. The quantitative estimate of drug-likeness (QED) is 0.319. The molecule has 0 saturated heterocycles. The number of hydrogen-bond donors (Lipinski definition) is 2. The Morgan fingerprint density at radius 2 is 2.00 bits per heavy atom. The summed E-state index contributed by atoms with van der Waals surface area (Å²) in [4.78, 5) is 37.9. The van der Waals surface area contributed by atoms with Crippen molar-refractivity contribution in [3.63, 3.8) is 0 Å². The van der Waals surface area contributed by atoms with Gasteiger partial charge in [0.05, 0.1) is 6.61 Å². The number of ether oxygens (including phenoxy) is 1. The van der Waals surface area contributed by atoms with Gasteiger partial charge in [-0.1, -0.05) is 12.1 Å². The molecule has 0 spiro atoms. The van der Waals surface area contributed by atoms with Crippen molar-refractivity contribution in [1.29, 1.82) is 0 Å². The second kappa shape index (κ2) is 8.88. The van der Waals surface area contributed by atoms with Crippen LogP contribution in [0.4, 0.5) is 0 Å².